The van der Waals surface area contributed by atoms with E-state index in [1.807, 2.05) is 6.92 Å². The van der Waals surface area contributed by atoms with Crippen LogP contribution in [-0.4, -0.2) is 38.9 Å². The van der Waals surface area contributed by atoms with Crippen LogP contribution in [-0.2, 0) is 23.1 Å². The van der Waals surface area contributed by atoms with Gasteiger partial charge in [-0.25, -0.2) is 9.37 Å². The number of nitrogens with one attached hydrogen (secondary N) is 1. The summed E-state index contributed by atoms with van der Waals surface area (Å²) in [5, 5.41) is 9.60. The standard InChI is InChI=1S/C28H26F4N6O3/c1-3-11-40-16-9-10-17(19(12-16)28(30,31)32)21-13-24(41-37-21)27(4-2,26(33)39)38-15-23-22(14-34-38)35-25(36-23)18-7-5-6-8-20(18)29/h5-10,12-14H,3-4,11,15H2,1-2H3,(H2,33,39)(H,35,36). The van der Waals surface area contributed by atoms with Crippen molar-refractivity contribution in [2.24, 2.45) is 10.8 Å². The predicted octanol–water partition coefficient (Wildman–Crippen LogP) is 5.62. The minimum Gasteiger partial charge on any atom is -0.494 e. The lowest BCUT2D eigenvalue weighted by molar-refractivity contribution is -0.137. The average molecular weight is 571 g/mol. The molecule has 9 nitrogen and oxygen atoms in total. The number of carbonyl (C=O) groups excluding carboxylic acids is 1. The van der Waals surface area contributed by atoms with Crippen molar-refractivity contribution in [2.45, 2.75) is 44.9 Å². The van der Waals surface area contributed by atoms with Crippen molar-refractivity contribution in [2.75, 3.05) is 6.61 Å². The Morgan fingerprint density at radius 1 is 1.15 bits per heavy atom. The van der Waals surface area contributed by atoms with Gasteiger partial charge in [0, 0.05) is 11.6 Å². The third-order valence-electron chi connectivity index (χ3n) is 6.89. The lowest BCUT2D eigenvalue weighted by Crippen LogP contribution is -2.52. The highest BCUT2D eigenvalue weighted by Gasteiger charge is 2.48. The lowest BCUT2D eigenvalue weighted by atomic mass is 9.89. The molecule has 0 fully saturated rings. The maximum Gasteiger partial charge on any atom is 0.417 e. The summed E-state index contributed by atoms with van der Waals surface area (Å²) in [6.07, 6.45) is -2.64. The number of alkyl halides is 3. The van der Waals surface area contributed by atoms with Gasteiger partial charge in [-0.3, -0.25) is 9.80 Å². The van der Waals surface area contributed by atoms with Gasteiger partial charge in [0.05, 0.1) is 36.2 Å². The number of hydrogen-bond donors (Lipinski definition) is 2. The Morgan fingerprint density at radius 2 is 1.93 bits per heavy atom. The molecule has 0 saturated carbocycles. The number of aromatic nitrogens is 3. The molecule has 4 aromatic rings. The minimum atomic E-state index is -4.71. The molecule has 3 heterocycles. The van der Waals surface area contributed by atoms with Crippen LogP contribution in [0.2, 0.25) is 0 Å². The van der Waals surface area contributed by atoms with Crippen LogP contribution in [0.25, 0.3) is 22.6 Å². The molecule has 0 radical (unpaired) electrons. The maximum absolute atomic E-state index is 14.3. The number of aromatic amines is 1. The summed E-state index contributed by atoms with van der Waals surface area (Å²) >= 11 is 0. The van der Waals surface area contributed by atoms with Crippen LogP contribution in [0, 0.1) is 5.82 Å². The van der Waals surface area contributed by atoms with Crippen molar-refractivity contribution in [3.8, 4) is 28.4 Å². The Morgan fingerprint density at radius 3 is 2.61 bits per heavy atom. The second kappa shape index (κ2) is 10.7. The summed E-state index contributed by atoms with van der Waals surface area (Å²) in [5.74, 6) is -1.06. The fraction of sp³-hybridized carbons (Fsp3) is 0.286. The van der Waals surface area contributed by atoms with Crippen LogP contribution in [0.15, 0.2) is 58.2 Å². The Kier molecular flexibility index (Phi) is 7.28. The van der Waals surface area contributed by atoms with E-state index in [1.54, 1.807) is 25.1 Å². The van der Waals surface area contributed by atoms with E-state index in [1.165, 1.54) is 35.5 Å². The number of rotatable bonds is 9. The smallest absolute Gasteiger partial charge is 0.417 e. The first kappa shape index (κ1) is 27.9. The largest absolute Gasteiger partial charge is 0.494 e. The van der Waals surface area contributed by atoms with Crippen LogP contribution in [0.1, 0.15) is 49.4 Å². The first-order valence-corrected chi connectivity index (χ1v) is 12.8. The molecular weight excluding hydrogens is 544 g/mol. The highest BCUT2D eigenvalue weighted by Crippen LogP contribution is 2.42. The van der Waals surface area contributed by atoms with Crippen LogP contribution in [0.4, 0.5) is 17.6 Å². The van der Waals surface area contributed by atoms with Crippen LogP contribution in [0.3, 0.4) is 0 Å². The average Bonchev–Trinajstić information content (AvgIpc) is 3.60. The zero-order chi connectivity index (χ0) is 29.4. The number of imidazole rings is 1. The highest BCUT2D eigenvalue weighted by atomic mass is 19.4. The second-order valence-electron chi connectivity index (χ2n) is 9.44. The van der Waals surface area contributed by atoms with Gasteiger partial charge in [0.25, 0.3) is 5.91 Å². The monoisotopic (exact) mass is 570 g/mol. The fourth-order valence-electron chi connectivity index (χ4n) is 4.77. The van der Waals surface area contributed by atoms with Gasteiger partial charge in [0.2, 0.25) is 0 Å². The molecule has 1 unspecified atom stereocenters. The number of halogens is 4. The van der Waals surface area contributed by atoms with E-state index in [0.29, 0.717) is 17.8 Å². The van der Waals surface area contributed by atoms with Crippen molar-refractivity contribution >= 4 is 12.1 Å². The number of hydrazone groups is 1. The van der Waals surface area contributed by atoms with Gasteiger partial charge >= 0.3 is 6.18 Å². The summed E-state index contributed by atoms with van der Waals surface area (Å²) < 4.78 is 67.2. The number of carbonyl (C=O) groups is 1. The summed E-state index contributed by atoms with van der Waals surface area (Å²) in [5.41, 5.74) is 4.04. The van der Waals surface area contributed by atoms with Gasteiger partial charge < -0.3 is 20.0 Å². The molecule has 1 aliphatic rings. The molecule has 41 heavy (non-hydrogen) atoms. The highest BCUT2D eigenvalue weighted by molar-refractivity contribution is 5.87. The Labute approximate surface area is 232 Å². The number of H-pyrrole nitrogens is 1. The normalized spacial score (nSPS) is 14.5. The van der Waals surface area contributed by atoms with Crippen molar-refractivity contribution in [3.05, 3.63) is 77.1 Å². The number of amides is 1. The van der Waals surface area contributed by atoms with E-state index in [2.05, 4.69) is 20.2 Å². The zero-order valence-corrected chi connectivity index (χ0v) is 22.1. The number of hydrogen-bond acceptors (Lipinski definition) is 7. The molecule has 2 aromatic heterocycles. The van der Waals surface area contributed by atoms with Gasteiger partial charge in [-0.1, -0.05) is 31.1 Å². The fourth-order valence-corrected chi connectivity index (χ4v) is 4.77. The van der Waals surface area contributed by atoms with Gasteiger partial charge in [-0.05, 0) is 43.2 Å². The molecule has 0 bridgehead atoms. The van der Waals surface area contributed by atoms with Crippen molar-refractivity contribution in [1.82, 2.24) is 20.1 Å². The molecule has 2 aromatic carbocycles. The van der Waals surface area contributed by atoms with Crippen LogP contribution in [0.5, 0.6) is 5.75 Å². The third kappa shape index (κ3) is 5.03. The minimum absolute atomic E-state index is 0.00261. The number of primary amides is 1. The Balaban J connectivity index is 1.51. The van der Waals surface area contributed by atoms with E-state index in [4.69, 9.17) is 15.0 Å². The molecule has 214 valence electrons. The number of ether oxygens (including phenoxy) is 1. The molecule has 3 N–H and O–H groups in total. The molecule has 0 spiro atoms. The third-order valence-corrected chi connectivity index (χ3v) is 6.89. The SMILES string of the molecule is CCCOc1ccc(-c2cc(C(CC)(C(N)=O)N3Cc4[nH]c(-c5ccccc5F)nc4C=N3)on2)c(C(F)(F)F)c1. The van der Waals surface area contributed by atoms with Crippen molar-refractivity contribution in [1.29, 1.82) is 0 Å². The van der Waals surface area contributed by atoms with Crippen LogP contribution >= 0.6 is 0 Å². The quantitative estimate of drug-likeness (QED) is 0.252. The van der Waals surface area contributed by atoms with E-state index < -0.39 is 29.0 Å². The summed E-state index contributed by atoms with van der Waals surface area (Å²) in [4.78, 5) is 20.5. The molecule has 0 saturated heterocycles. The molecule has 1 amide bonds. The summed E-state index contributed by atoms with van der Waals surface area (Å²) in [6, 6.07) is 10.9. The molecule has 0 aliphatic carbocycles. The first-order valence-electron chi connectivity index (χ1n) is 12.8. The number of nitrogens with two attached hydrogens (primary N) is 1. The van der Waals surface area contributed by atoms with E-state index >= 15 is 0 Å². The van der Waals surface area contributed by atoms with Crippen LogP contribution < -0.4 is 10.5 Å². The number of nitrogens with zero attached hydrogens (tertiary/aromatic N) is 4. The van der Waals surface area contributed by atoms with E-state index in [-0.39, 0.29) is 53.7 Å². The number of benzene rings is 2. The zero-order valence-electron chi connectivity index (χ0n) is 22.1. The molecule has 5 rings (SSSR count). The molecule has 1 aliphatic heterocycles. The first-order chi connectivity index (χ1) is 19.6. The van der Waals surface area contributed by atoms with E-state index in [9.17, 15) is 22.4 Å². The van der Waals surface area contributed by atoms with E-state index in [0.717, 1.165) is 6.07 Å². The molecule has 13 heteroatoms. The van der Waals surface area contributed by atoms with Gasteiger partial charge in [-0.2, -0.15) is 18.3 Å². The van der Waals surface area contributed by atoms with Gasteiger partial charge in [-0.15, -0.1) is 0 Å². The van der Waals surface area contributed by atoms with Crippen molar-refractivity contribution in [3.63, 3.8) is 0 Å². The van der Waals surface area contributed by atoms with Gasteiger partial charge in [0.15, 0.2) is 11.3 Å². The van der Waals surface area contributed by atoms with Gasteiger partial charge in [0.1, 0.15) is 28.8 Å². The predicted molar refractivity (Wildman–Crippen MR) is 141 cm³/mol. The van der Waals surface area contributed by atoms with Crippen molar-refractivity contribution < 1.29 is 31.6 Å². The number of fused-ring (bicyclic) bond motifs is 1. The Hall–Kier alpha value is -4.68. The molecule has 1 atom stereocenters. The maximum atomic E-state index is 14.3. The molecular formula is C28H26F4N6O3. The summed E-state index contributed by atoms with van der Waals surface area (Å²) in [7, 11) is 0. The lowest BCUT2D eigenvalue weighted by Gasteiger charge is -2.37. The second-order valence-corrected chi connectivity index (χ2v) is 9.44. The topological polar surface area (TPSA) is 123 Å². The summed E-state index contributed by atoms with van der Waals surface area (Å²) in [6.45, 7) is 3.77. The Bertz CT molecular complexity index is 1610.